The maximum Gasteiger partial charge on any atom is 0.438 e. The van der Waals surface area contributed by atoms with E-state index in [9.17, 15) is 4.79 Å². The lowest BCUT2D eigenvalue weighted by molar-refractivity contribution is 0.0601. The van der Waals surface area contributed by atoms with Gasteiger partial charge in [-0.2, -0.15) is 0 Å². The zero-order valence-electron chi connectivity index (χ0n) is 6.46. The second-order valence-electron chi connectivity index (χ2n) is 2.40. The molecule has 1 heterocycles. The summed E-state index contributed by atoms with van der Waals surface area (Å²) in [5, 5.41) is 3.42. The molecule has 0 aliphatic heterocycles. The van der Waals surface area contributed by atoms with E-state index in [0.29, 0.717) is 5.82 Å². The van der Waals surface area contributed by atoms with Crippen molar-refractivity contribution < 1.29 is 9.26 Å². The average molecular weight is 158 g/mol. The molecule has 1 rings (SSSR count). The molecule has 0 bridgehead atoms. The first-order valence-corrected chi connectivity index (χ1v) is 3.35. The molecule has 11 heavy (non-hydrogen) atoms. The predicted molar refractivity (Wildman–Crippen MR) is 37.0 cm³/mol. The first-order valence-electron chi connectivity index (χ1n) is 3.35. The highest BCUT2D eigenvalue weighted by atomic mass is 16.5. The van der Waals surface area contributed by atoms with Gasteiger partial charge >= 0.3 is 5.76 Å². The summed E-state index contributed by atoms with van der Waals surface area (Å²) >= 11 is 0. The van der Waals surface area contributed by atoms with Crippen LogP contribution in [0.1, 0.15) is 19.7 Å². The molecule has 0 unspecified atom stereocenters. The minimum absolute atomic E-state index is 0.121. The van der Waals surface area contributed by atoms with E-state index in [-0.39, 0.29) is 12.7 Å². The lowest BCUT2D eigenvalue weighted by atomic mass is 10.5. The van der Waals surface area contributed by atoms with Crippen LogP contribution in [0.5, 0.6) is 0 Å². The van der Waals surface area contributed by atoms with Gasteiger partial charge in [-0.3, -0.25) is 9.51 Å². The van der Waals surface area contributed by atoms with Crippen molar-refractivity contribution >= 4 is 0 Å². The standard InChI is InChI=1S/C6H10N2O3/c1-4(2)10-3-5-7-6(9)11-8-5/h4H,3H2,1-2H3,(H,7,8,9). The Morgan fingerprint density at radius 2 is 2.45 bits per heavy atom. The molecule has 0 aliphatic carbocycles. The molecule has 0 saturated carbocycles. The zero-order chi connectivity index (χ0) is 8.27. The van der Waals surface area contributed by atoms with E-state index in [2.05, 4.69) is 14.7 Å². The van der Waals surface area contributed by atoms with Crippen molar-refractivity contribution in [1.29, 1.82) is 0 Å². The highest BCUT2D eigenvalue weighted by Gasteiger charge is 2.00. The molecule has 0 aromatic carbocycles. The van der Waals surface area contributed by atoms with Gasteiger partial charge in [-0.05, 0) is 13.8 Å². The molecule has 62 valence electrons. The Hall–Kier alpha value is -1.10. The fourth-order valence-corrected chi connectivity index (χ4v) is 0.568. The predicted octanol–water partition coefficient (Wildman–Crippen LogP) is 0.288. The van der Waals surface area contributed by atoms with Crippen molar-refractivity contribution in [2.75, 3.05) is 0 Å². The Kier molecular flexibility index (Phi) is 2.43. The first-order chi connectivity index (χ1) is 5.18. The van der Waals surface area contributed by atoms with Crippen molar-refractivity contribution in [1.82, 2.24) is 10.1 Å². The lowest BCUT2D eigenvalue weighted by Gasteiger charge is -2.02. The summed E-state index contributed by atoms with van der Waals surface area (Å²) in [6, 6.07) is 0. The normalized spacial score (nSPS) is 10.8. The summed E-state index contributed by atoms with van der Waals surface area (Å²) in [4.78, 5) is 12.8. The third-order valence-corrected chi connectivity index (χ3v) is 1.04. The average Bonchev–Trinajstić information content (AvgIpc) is 2.31. The number of aromatic amines is 1. The number of H-pyrrole nitrogens is 1. The van der Waals surface area contributed by atoms with Crippen molar-refractivity contribution in [3.05, 3.63) is 16.4 Å². The van der Waals surface area contributed by atoms with Gasteiger partial charge in [0, 0.05) is 0 Å². The molecule has 0 radical (unpaired) electrons. The third kappa shape index (κ3) is 2.55. The Morgan fingerprint density at radius 3 is 2.91 bits per heavy atom. The molecule has 0 spiro atoms. The highest BCUT2D eigenvalue weighted by molar-refractivity contribution is 4.73. The van der Waals surface area contributed by atoms with Crippen LogP contribution in [0, 0.1) is 0 Å². The van der Waals surface area contributed by atoms with E-state index >= 15 is 0 Å². The van der Waals surface area contributed by atoms with Gasteiger partial charge < -0.3 is 4.74 Å². The SMILES string of the molecule is CC(C)OCc1noc(=O)[nH]1. The molecule has 1 aromatic rings. The number of aromatic nitrogens is 2. The van der Waals surface area contributed by atoms with Crippen LogP contribution >= 0.6 is 0 Å². The van der Waals surface area contributed by atoms with Gasteiger partial charge in [-0.15, -0.1) is 0 Å². The molecule has 0 amide bonds. The molecule has 0 fully saturated rings. The monoisotopic (exact) mass is 158 g/mol. The molecule has 0 saturated heterocycles. The van der Waals surface area contributed by atoms with Crippen molar-refractivity contribution in [2.45, 2.75) is 26.6 Å². The van der Waals surface area contributed by atoms with Gasteiger partial charge in [-0.25, -0.2) is 4.79 Å². The lowest BCUT2D eigenvalue weighted by Crippen LogP contribution is -2.04. The molecular weight excluding hydrogens is 148 g/mol. The molecule has 5 heteroatoms. The Labute approximate surface area is 63.4 Å². The van der Waals surface area contributed by atoms with Gasteiger partial charge in [0.2, 0.25) is 0 Å². The Bertz CT molecular complexity index is 263. The number of rotatable bonds is 3. The van der Waals surface area contributed by atoms with E-state index in [1.54, 1.807) is 0 Å². The molecule has 1 N–H and O–H groups in total. The summed E-state index contributed by atoms with van der Waals surface area (Å²) in [6.45, 7) is 4.08. The van der Waals surface area contributed by atoms with Crippen LogP contribution < -0.4 is 5.76 Å². The molecule has 5 nitrogen and oxygen atoms in total. The molecule has 0 aliphatic rings. The van der Waals surface area contributed by atoms with E-state index in [4.69, 9.17) is 4.74 Å². The smallest absolute Gasteiger partial charge is 0.371 e. The van der Waals surface area contributed by atoms with Gasteiger partial charge in [0.05, 0.1) is 6.10 Å². The minimum Gasteiger partial charge on any atom is -0.371 e. The first kappa shape index (κ1) is 8.00. The molecule has 0 atom stereocenters. The highest BCUT2D eigenvalue weighted by Crippen LogP contribution is 1.93. The van der Waals surface area contributed by atoms with Crippen LogP contribution in [-0.2, 0) is 11.3 Å². The van der Waals surface area contributed by atoms with E-state index in [1.807, 2.05) is 13.8 Å². The summed E-state index contributed by atoms with van der Waals surface area (Å²) in [5.74, 6) is -0.129. The Morgan fingerprint density at radius 1 is 1.73 bits per heavy atom. The van der Waals surface area contributed by atoms with Crippen LogP contribution in [0.4, 0.5) is 0 Å². The van der Waals surface area contributed by atoms with E-state index in [0.717, 1.165) is 0 Å². The van der Waals surface area contributed by atoms with Gasteiger partial charge in [0.1, 0.15) is 6.61 Å². The molecular formula is C6H10N2O3. The topological polar surface area (TPSA) is 68.1 Å². The van der Waals surface area contributed by atoms with Crippen LogP contribution in [0.15, 0.2) is 9.32 Å². The van der Waals surface area contributed by atoms with Gasteiger partial charge in [-0.1, -0.05) is 5.16 Å². The third-order valence-electron chi connectivity index (χ3n) is 1.04. The van der Waals surface area contributed by atoms with Gasteiger partial charge in [0.15, 0.2) is 5.82 Å². The summed E-state index contributed by atoms with van der Waals surface area (Å²) < 4.78 is 9.40. The number of nitrogens with zero attached hydrogens (tertiary/aromatic N) is 1. The number of nitrogens with one attached hydrogen (secondary N) is 1. The maximum absolute atomic E-state index is 10.4. The molecule has 1 aromatic heterocycles. The fourth-order valence-electron chi connectivity index (χ4n) is 0.568. The largest absolute Gasteiger partial charge is 0.438 e. The number of hydrogen-bond donors (Lipinski definition) is 1. The van der Waals surface area contributed by atoms with Crippen molar-refractivity contribution in [3.8, 4) is 0 Å². The number of hydrogen-bond acceptors (Lipinski definition) is 4. The van der Waals surface area contributed by atoms with E-state index in [1.165, 1.54) is 0 Å². The zero-order valence-corrected chi connectivity index (χ0v) is 6.46. The maximum atomic E-state index is 10.4. The van der Waals surface area contributed by atoms with Crippen molar-refractivity contribution in [2.24, 2.45) is 0 Å². The van der Waals surface area contributed by atoms with Crippen LogP contribution in [0.3, 0.4) is 0 Å². The van der Waals surface area contributed by atoms with Gasteiger partial charge in [0.25, 0.3) is 0 Å². The number of ether oxygens (including phenoxy) is 1. The summed E-state index contributed by atoms with van der Waals surface area (Å²) in [5.41, 5.74) is 0. The summed E-state index contributed by atoms with van der Waals surface area (Å²) in [6.07, 6.45) is 0.121. The van der Waals surface area contributed by atoms with Crippen LogP contribution in [0.2, 0.25) is 0 Å². The van der Waals surface area contributed by atoms with Crippen LogP contribution in [0.25, 0.3) is 0 Å². The summed E-state index contributed by atoms with van der Waals surface area (Å²) in [7, 11) is 0. The second kappa shape index (κ2) is 3.34. The quantitative estimate of drug-likeness (QED) is 0.686. The van der Waals surface area contributed by atoms with Crippen molar-refractivity contribution in [3.63, 3.8) is 0 Å². The Balaban J connectivity index is 2.45. The fraction of sp³-hybridized carbons (Fsp3) is 0.667. The second-order valence-corrected chi connectivity index (χ2v) is 2.40. The van der Waals surface area contributed by atoms with Crippen LogP contribution in [-0.4, -0.2) is 16.2 Å². The van der Waals surface area contributed by atoms with E-state index < -0.39 is 5.76 Å². The minimum atomic E-state index is -0.549.